The maximum absolute atomic E-state index is 4.24. The van der Waals surface area contributed by atoms with E-state index in [9.17, 15) is 0 Å². The molecule has 0 saturated heterocycles. The van der Waals surface area contributed by atoms with Crippen LogP contribution in [0, 0.1) is 0 Å². The number of halogens is 1. The average Bonchev–Trinajstić information content (AvgIpc) is 2.77. The molecule has 14 heavy (non-hydrogen) atoms. The number of nitrogens with one attached hydrogen (secondary N) is 1. The van der Waals surface area contributed by atoms with Crippen molar-refractivity contribution in [2.75, 3.05) is 11.9 Å². The molecule has 3 nitrogen and oxygen atoms in total. The summed E-state index contributed by atoms with van der Waals surface area (Å²) in [5, 5.41) is 8.23. The van der Waals surface area contributed by atoms with E-state index < -0.39 is 0 Å². The fourth-order valence-electron chi connectivity index (χ4n) is 0.994. The Kier molecular flexibility index (Phi) is 3.49. The summed E-state index contributed by atoms with van der Waals surface area (Å²) in [5.41, 5.74) is 2.99. The van der Waals surface area contributed by atoms with E-state index in [1.807, 2.05) is 10.9 Å². The van der Waals surface area contributed by atoms with Crippen molar-refractivity contribution < 1.29 is 0 Å². The van der Waals surface area contributed by atoms with E-state index in [4.69, 9.17) is 0 Å². The highest BCUT2D eigenvalue weighted by molar-refractivity contribution is 9.10. The van der Waals surface area contributed by atoms with Crippen LogP contribution in [0.5, 0.6) is 0 Å². The highest BCUT2D eigenvalue weighted by Gasteiger charge is 1.99. The third-order valence-corrected chi connectivity index (χ3v) is 3.76. The first kappa shape index (κ1) is 10.1. The third kappa shape index (κ3) is 2.76. The van der Waals surface area contributed by atoms with E-state index in [0.717, 1.165) is 28.4 Å². The fraction of sp³-hybridized carbons (Fsp3) is 0.250. The number of anilines is 1. The summed E-state index contributed by atoms with van der Waals surface area (Å²) in [5.74, 6) is 0. The van der Waals surface area contributed by atoms with Gasteiger partial charge in [-0.1, -0.05) is 0 Å². The summed E-state index contributed by atoms with van der Waals surface area (Å²) in [6, 6.07) is 0. The van der Waals surface area contributed by atoms with Crippen LogP contribution in [0.25, 0.3) is 0 Å². The first-order valence-corrected chi connectivity index (χ1v) is 6.68. The Morgan fingerprint density at radius 1 is 1.43 bits per heavy atom. The Labute approximate surface area is 98.4 Å². The van der Waals surface area contributed by atoms with Crippen molar-refractivity contribution in [3.05, 3.63) is 26.6 Å². The second-order valence-electron chi connectivity index (χ2n) is 2.63. The zero-order valence-corrected chi connectivity index (χ0v) is 10.5. The molecule has 1 N–H and O–H groups in total. The van der Waals surface area contributed by atoms with Gasteiger partial charge in [0.1, 0.15) is 4.60 Å². The van der Waals surface area contributed by atoms with Gasteiger partial charge in [-0.05, 0) is 15.9 Å². The van der Waals surface area contributed by atoms with Crippen LogP contribution in [0.4, 0.5) is 5.13 Å². The molecule has 6 heteroatoms. The second kappa shape index (κ2) is 4.86. The van der Waals surface area contributed by atoms with E-state index in [-0.39, 0.29) is 0 Å². The van der Waals surface area contributed by atoms with Crippen LogP contribution in [-0.4, -0.2) is 16.5 Å². The first-order valence-electron chi connectivity index (χ1n) is 4.06. The van der Waals surface area contributed by atoms with E-state index >= 15 is 0 Å². The van der Waals surface area contributed by atoms with Crippen molar-refractivity contribution in [3.63, 3.8) is 0 Å². The van der Waals surface area contributed by atoms with Gasteiger partial charge in [0, 0.05) is 23.7 Å². The van der Waals surface area contributed by atoms with E-state index in [2.05, 4.69) is 36.6 Å². The Morgan fingerprint density at radius 3 is 3.00 bits per heavy atom. The Hall–Kier alpha value is -0.460. The number of hydrogen-bond acceptors (Lipinski definition) is 5. The predicted octanol–water partition coefficient (Wildman–Crippen LogP) is 3.02. The maximum Gasteiger partial charge on any atom is 0.183 e. The Bertz CT molecular complexity index is 385. The van der Waals surface area contributed by atoms with Gasteiger partial charge in [-0.25, -0.2) is 9.97 Å². The third-order valence-electron chi connectivity index (χ3n) is 1.62. The van der Waals surface area contributed by atoms with Crippen LogP contribution < -0.4 is 5.32 Å². The lowest BCUT2D eigenvalue weighted by Gasteiger charge is -1.99. The molecule has 2 aromatic heterocycles. The number of nitrogens with zero attached hydrogens (tertiary/aromatic N) is 2. The molecular formula is C8H8BrN3S2. The van der Waals surface area contributed by atoms with Crippen molar-refractivity contribution in [3.8, 4) is 0 Å². The zero-order valence-electron chi connectivity index (χ0n) is 7.24. The molecule has 0 radical (unpaired) electrons. The highest BCUT2D eigenvalue weighted by atomic mass is 79.9. The molecular weight excluding hydrogens is 282 g/mol. The number of rotatable bonds is 4. The van der Waals surface area contributed by atoms with Gasteiger partial charge in [-0.2, -0.15) is 0 Å². The summed E-state index contributed by atoms with van der Waals surface area (Å²) in [6.45, 7) is 0.879. The molecule has 0 aromatic carbocycles. The minimum Gasteiger partial charge on any atom is -0.361 e. The van der Waals surface area contributed by atoms with Gasteiger partial charge in [-0.15, -0.1) is 22.7 Å². The van der Waals surface area contributed by atoms with Crippen molar-refractivity contribution in [2.45, 2.75) is 6.42 Å². The molecule has 0 aliphatic rings. The quantitative estimate of drug-likeness (QED) is 0.940. The summed E-state index contributed by atoms with van der Waals surface area (Å²) in [7, 11) is 0. The van der Waals surface area contributed by atoms with Crippen LogP contribution >= 0.6 is 38.6 Å². The Balaban J connectivity index is 1.78. The van der Waals surface area contributed by atoms with Crippen LogP contribution in [0.2, 0.25) is 0 Å². The van der Waals surface area contributed by atoms with E-state index in [1.165, 1.54) is 0 Å². The van der Waals surface area contributed by atoms with Gasteiger partial charge >= 0.3 is 0 Å². The second-order valence-corrected chi connectivity index (χ2v) is 5.02. The van der Waals surface area contributed by atoms with E-state index in [0.29, 0.717) is 0 Å². The monoisotopic (exact) mass is 289 g/mol. The summed E-state index contributed by atoms with van der Waals surface area (Å²) >= 11 is 6.54. The lowest BCUT2D eigenvalue weighted by atomic mass is 10.3. The molecule has 0 bridgehead atoms. The molecule has 2 aromatic rings. The van der Waals surface area contributed by atoms with Crippen LogP contribution in [0.15, 0.2) is 20.9 Å². The molecule has 0 aliphatic carbocycles. The maximum atomic E-state index is 4.24. The summed E-state index contributed by atoms with van der Waals surface area (Å²) in [6.07, 6.45) is 0.945. The van der Waals surface area contributed by atoms with Crippen molar-refractivity contribution in [1.29, 1.82) is 0 Å². The van der Waals surface area contributed by atoms with E-state index in [1.54, 1.807) is 22.7 Å². The minimum atomic E-state index is 0.879. The van der Waals surface area contributed by atoms with Gasteiger partial charge in [0.15, 0.2) is 5.13 Å². The minimum absolute atomic E-state index is 0.879. The molecule has 74 valence electrons. The van der Waals surface area contributed by atoms with Gasteiger partial charge in [0.25, 0.3) is 0 Å². The lowest BCUT2D eigenvalue weighted by Crippen LogP contribution is -2.04. The topological polar surface area (TPSA) is 37.8 Å². The zero-order chi connectivity index (χ0) is 9.80. The molecule has 0 saturated carbocycles. The molecule has 0 fully saturated rings. The molecule has 0 unspecified atom stereocenters. The molecule has 0 aliphatic heterocycles. The molecule has 0 atom stereocenters. The van der Waals surface area contributed by atoms with Crippen LogP contribution in [0.3, 0.4) is 0 Å². The number of aromatic nitrogens is 2. The average molecular weight is 290 g/mol. The van der Waals surface area contributed by atoms with Gasteiger partial charge in [0.05, 0.1) is 11.2 Å². The number of hydrogen-bond donors (Lipinski definition) is 1. The molecule has 0 spiro atoms. The largest absolute Gasteiger partial charge is 0.361 e. The van der Waals surface area contributed by atoms with Gasteiger partial charge in [-0.3, -0.25) is 0 Å². The summed E-state index contributed by atoms with van der Waals surface area (Å²) < 4.78 is 0.888. The van der Waals surface area contributed by atoms with Gasteiger partial charge < -0.3 is 5.32 Å². The number of thiazole rings is 2. The van der Waals surface area contributed by atoms with Crippen molar-refractivity contribution in [2.24, 2.45) is 0 Å². The normalized spacial score (nSPS) is 10.4. The fourth-order valence-corrected chi connectivity index (χ4v) is 2.76. The smallest absolute Gasteiger partial charge is 0.183 e. The molecule has 2 heterocycles. The van der Waals surface area contributed by atoms with Crippen LogP contribution in [-0.2, 0) is 6.42 Å². The van der Waals surface area contributed by atoms with Gasteiger partial charge in [0.2, 0.25) is 0 Å². The standard InChI is InChI=1S/C8H8BrN3S2/c9-7-4-14-8(12-7)10-2-1-6-3-13-5-11-6/h3-5H,1-2H2,(H,10,12). The summed E-state index contributed by atoms with van der Waals surface area (Å²) in [4.78, 5) is 8.44. The molecule has 0 amide bonds. The predicted molar refractivity (Wildman–Crippen MR) is 64.1 cm³/mol. The molecule has 2 rings (SSSR count). The Morgan fingerprint density at radius 2 is 2.36 bits per heavy atom. The lowest BCUT2D eigenvalue weighted by molar-refractivity contribution is 0.973. The SMILES string of the molecule is Brc1csc(NCCc2cscn2)n1. The van der Waals surface area contributed by atoms with Crippen LogP contribution in [0.1, 0.15) is 5.69 Å². The highest BCUT2D eigenvalue weighted by Crippen LogP contribution is 2.19. The van der Waals surface area contributed by atoms with Crippen molar-refractivity contribution in [1.82, 2.24) is 9.97 Å². The van der Waals surface area contributed by atoms with Crippen molar-refractivity contribution >= 4 is 43.7 Å². The first-order chi connectivity index (χ1) is 6.84.